The van der Waals surface area contributed by atoms with Crippen LogP contribution in [0.2, 0.25) is 36.3 Å². The van der Waals surface area contributed by atoms with Crippen LogP contribution in [0.3, 0.4) is 0 Å². The summed E-state index contributed by atoms with van der Waals surface area (Å²) in [5, 5.41) is 12.3. The van der Waals surface area contributed by atoms with Crippen molar-refractivity contribution in [2.45, 2.75) is 122 Å². The van der Waals surface area contributed by atoms with Crippen LogP contribution in [0.4, 0.5) is 0 Å². The van der Waals surface area contributed by atoms with Crippen molar-refractivity contribution in [1.82, 2.24) is 0 Å². The second-order valence-electron chi connectivity index (χ2n) is 14.2. The lowest BCUT2D eigenvalue weighted by Crippen LogP contribution is -2.64. The van der Waals surface area contributed by atoms with E-state index in [1.807, 2.05) is 0 Å². The normalized spacial score (nSPS) is 35.8. The van der Waals surface area contributed by atoms with Gasteiger partial charge in [0.15, 0.2) is 16.6 Å². The van der Waals surface area contributed by atoms with E-state index in [0.29, 0.717) is 13.2 Å². The van der Waals surface area contributed by atoms with Crippen LogP contribution in [0.5, 0.6) is 0 Å². The predicted molar refractivity (Wildman–Crippen MR) is 147 cm³/mol. The van der Waals surface area contributed by atoms with Gasteiger partial charge in [0.05, 0.1) is 29.1 Å². The zero-order valence-electron chi connectivity index (χ0n) is 23.8. The molecule has 2 heterocycles. The van der Waals surface area contributed by atoms with Gasteiger partial charge in [-0.05, 0) is 42.7 Å². The standard InChI is InChI=1S/C28H52O4Si2/c1-12-13-14-21-17-18-27(19-30-33(8,9)25(2,3)4)22-15-16-23(32-22)28(27,24(21)29)20-31-34(10,11)26(5,6)7/h15-18,21-24,29H,12-14,19-20H2,1-11H3/t21-,22-,23+,24-,27+,28-/m1/s1. The first-order valence-corrected chi connectivity index (χ1v) is 19.3. The Bertz CT molecular complexity index is 791. The van der Waals surface area contributed by atoms with Crippen molar-refractivity contribution in [3.63, 3.8) is 0 Å². The van der Waals surface area contributed by atoms with Crippen molar-refractivity contribution in [3.05, 3.63) is 24.3 Å². The number of hydrogen-bond donors (Lipinski definition) is 1. The van der Waals surface area contributed by atoms with Gasteiger partial charge in [-0.15, -0.1) is 0 Å². The summed E-state index contributed by atoms with van der Waals surface area (Å²) in [5.41, 5.74) is -0.941. The van der Waals surface area contributed by atoms with E-state index in [0.717, 1.165) is 19.3 Å². The highest BCUT2D eigenvalue weighted by atomic mass is 28.4. The Morgan fingerprint density at radius 1 is 0.853 bits per heavy atom. The first-order chi connectivity index (χ1) is 15.5. The smallest absolute Gasteiger partial charge is 0.192 e. The summed E-state index contributed by atoms with van der Waals surface area (Å²) in [5.74, 6) is 0.125. The molecule has 0 aromatic rings. The number of fused-ring (bicyclic) bond motifs is 5. The highest BCUT2D eigenvalue weighted by Gasteiger charge is 2.71. The van der Waals surface area contributed by atoms with Crippen LogP contribution in [0.1, 0.15) is 67.7 Å². The second kappa shape index (κ2) is 9.25. The number of hydrogen-bond acceptors (Lipinski definition) is 4. The molecular formula is C28H52O4Si2. The number of unbranched alkanes of at least 4 members (excludes halogenated alkanes) is 1. The molecule has 1 N–H and O–H groups in total. The Hall–Kier alpha value is -0.246. The van der Waals surface area contributed by atoms with Gasteiger partial charge in [0.2, 0.25) is 0 Å². The SMILES string of the molecule is CCCC[C@@H]1C=C[C@]2(CO[Si](C)(C)C(C)(C)C)[C@H]3C=C[C@H](O3)[C@]2(CO[Si](C)(C)C(C)(C)C)[C@@H]1O. The molecular weight excluding hydrogens is 456 g/mol. The predicted octanol–water partition coefficient (Wildman–Crippen LogP) is 7.08. The van der Waals surface area contributed by atoms with Crippen molar-refractivity contribution in [3.8, 4) is 0 Å². The average molecular weight is 509 g/mol. The Morgan fingerprint density at radius 2 is 1.38 bits per heavy atom. The van der Waals surface area contributed by atoms with Crippen molar-refractivity contribution in [1.29, 1.82) is 0 Å². The summed E-state index contributed by atoms with van der Waals surface area (Å²) in [6.45, 7) is 26.3. The molecule has 4 nitrogen and oxygen atoms in total. The summed E-state index contributed by atoms with van der Waals surface area (Å²) in [7, 11) is -4.02. The molecule has 2 bridgehead atoms. The lowest BCUT2D eigenvalue weighted by Gasteiger charge is -2.56. The molecule has 1 fully saturated rings. The minimum atomic E-state index is -2.03. The van der Waals surface area contributed by atoms with E-state index in [1.165, 1.54) is 0 Å². The molecule has 1 saturated heterocycles. The molecule has 0 aromatic heterocycles. The number of aliphatic hydroxyl groups excluding tert-OH is 1. The molecule has 1 aliphatic carbocycles. The van der Waals surface area contributed by atoms with Gasteiger partial charge in [-0.25, -0.2) is 0 Å². The van der Waals surface area contributed by atoms with Crippen LogP contribution in [0.15, 0.2) is 24.3 Å². The molecule has 0 aromatic carbocycles. The van der Waals surface area contributed by atoms with Crippen molar-refractivity contribution in [2.24, 2.45) is 16.7 Å². The third-order valence-corrected chi connectivity index (χ3v) is 19.0. The lowest BCUT2D eigenvalue weighted by atomic mass is 9.51. The van der Waals surface area contributed by atoms with Crippen LogP contribution in [0.25, 0.3) is 0 Å². The van der Waals surface area contributed by atoms with Gasteiger partial charge in [0, 0.05) is 19.1 Å². The molecule has 196 valence electrons. The van der Waals surface area contributed by atoms with Gasteiger partial charge in [-0.2, -0.15) is 0 Å². The third-order valence-electron chi connectivity index (χ3n) is 10.1. The lowest BCUT2D eigenvalue weighted by molar-refractivity contribution is -0.120. The van der Waals surface area contributed by atoms with Gasteiger partial charge < -0.3 is 18.7 Å². The molecule has 0 radical (unpaired) electrons. The fourth-order valence-electron chi connectivity index (χ4n) is 5.34. The Kier molecular flexibility index (Phi) is 7.71. The summed E-state index contributed by atoms with van der Waals surface area (Å²) in [6, 6.07) is 0. The van der Waals surface area contributed by atoms with Gasteiger partial charge >= 0.3 is 0 Å². The molecule has 6 heteroatoms. The largest absolute Gasteiger partial charge is 0.416 e. The molecule has 0 spiro atoms. The van der Waals surface area contributed by atoms with E-state index in [4.69, 9.17) is 13.6 Å². The second-order valence-corrected chi connectivity index (χ2v) is 23.8. The fraction of sp³-hybridized carbons (Fsp3) is 0.857. The highest BCUT2D eigenvalue weighted by Crippen LogP contribution is 2.64. The number of ether oxygens (including phenoxy) is 1. The van der Waals surface area contributed by atoms with E-state index in [1.54, 1.807) is 0 Å². The van der Waals surface area contributed by atoms with Crippen LogP contribution in [-0.4, -0.2) is 53.3 Å². The van der Waals surface area contributed by atoms with E-state index in [9.17, 15) is 5.11 Å². The average Bonchev–Trinajstić information content (AvgIpc) is 3.29. The van der Waals surface area contributed by atoms with Gasteiger partial charge in [-0.1, -0.05) is 85.6 Å². The van der Waals surface area contributed by atoms with Crippen LogP contribution in [0, 0.1) is 16.7 Å². The fourth-order valence-corrected chi connectivity index (χ4v) is 7.40. The van der Waals surface area contributed by atoms with E-state index >= 15 is 0 Å². The van der Waals surface area contributed by atoms with Crippen molar-refractivity contribution < 1.29 is 18.7 Å². The van der Waals surface area contributed by atoms with Gasteiger partial charge in [-0.3, -0.25) is 0 Å². The maximum Gasteiger partial charge on any atom is 0.192 e. The van der Waals surface area contributed by atoms with Crippen molar-refractivity contribution >= 4 is 16.6 Å². The Balaban J connectivity index is 2.05. The summed E-state index contributed by atoms with van der Waals surface area (Å²) < 4.78 is 20.4. The molecule has 34 heavy (non-hydrogen) atoms. The molecule has 0 amide bonds. The number of aliphatic hydroxyl groups is 1. The third kappa shape index (κ3) is 4.49. The van der Waals surface area contributed by atoms with Crippen molar-refractivity contribution in [2.75, 3.05) is 13.2 Å². The van der Waals surface area contributed by atoms with Crippen LogP contribution < -0.4 is 0 Å². The zero-order chi connectivity index (χ0) is 25.8. The quantitative estimate of drug-likeness (QED) is 0.267. The first kappa shape index (κ1) is 28.3. The monoisotopic (exact) mass is 508 g/mol. The minimum absolute atomic E-state index is 0.0803. The summed E-state index contributed by atoms with van der Waals surface area (Å²) >= 11 is 0. The Labute approximate surface area is 211 Å². The molecule has 3 rings (SSSR count). The molecule has 3 aliphatic rings. The first-order valence-electron chi connectivity index (χ1n) is 13.4. The highest BCUT2D eigenvalue weighted by molar-refractivity contribution is 6.74. The summed E-state index contributed by atoms with van der Waals surface area (Å²) in [6.07, 6.45) is 11.5. The number of rotatable bonds is 9. The molecule has 0 saturated carbocycles. The van der Waals surface area contributed by atoms with Gasteiger partial charge in [0.25, 0.3) is 0 Å². The minimum Gasteiger partial charge on any atom is -0.416 e. The maximum atomic E-state index is 12.1. The Morgan fingerprint density at radius 3 is 1.91 bits per heavy atom. The van der Waals surface area contributed by atoms with E-state index < -0.39 is 33.6 Å². The van der Waals surface area contributed by atoms with E-state index in [-0.39, 0.29) is 28.2 Å². The van der Waals surface area contributed by atoms with Gasteiger partial charge in [0.1, 0.15) is 0 Å². The molecule has 6 atom stereocenters. The van der Waals surface area contributed by atoms with E-state index in [2.05, 4.69) is 99.0 Å². The molecule has 2 aliphatic heterocycles. The van der Waals surface area contributed by atoms with Crippen LogP contribution in [-0.2, 0) is 13.6 Å². The topological polar surface area (TPSA) is 47.9 Å². The van der Waals surface area contributed by atoms with Crippen LogP contribution >= 0.6 is 0 Å². The maximum absolute atomic E-state index is 12.1. The summed E-state index contributed by atoms with van der Waals surface area (Å²) in [4.78, 5) is 0. The molecule has 0 unspecified atom stereocenters. The zero-order valence-corrected chi connectivity index (χ0v) is 25.8.